The van der Waals surface area contributed by atoms with Crippen molar-refractivity contribution in [1.82, 2.24) is 4.90 Å². The summed E-state index contributed by atoms with van der Waals surface area (Å²) < 4.78 is 5.10. The van der Waals surface area contributed by atoms with Crippen molar-refractivity contribution >= 4 is 35.0 Å². The Hall–Kier alpha value is -1.91. The number of carbonyl (C=O) groups excluding carboxylic acids is 1. The molecule has 0 aliphatic heterocycles. The van der Waals surface area contributed by atoms with Gasteiger partial charge < -0.3 is 10.5 Å². The standard InChI is InChI=1S/C22H26Cl2N2O2/c1-22(2,3)26(21(27)28-4)20-10-8-15(13-5-9-18(23)19(24)11-13)16-7-6-14(25)12-17(16)20/h5-7,9,11-12,15,20H,8,10,25H2,1-4H3/t15-,20-/m0/s1. The van der Waals surface area contributed by atoms with Gasteiger partial charge in [0.1, 0.15) is 0 Å². The van der Waals surface area contributed by atoms with Crippen molar-refractivity contribution < 1.29 is 9.53 Å². The largest absolute Gasteiger partial charge is 0.453 e. The third kappa shape index (κ3) is 3.94. The van der Waals surface area contributed by atoms with Crippen LogP contribution in [0.15, 0.2) is 36.4 Å². The lowest BCUT2D eigenvalue weighted by molar-refractivity contribution is 0.0502. The molecule has 1 aliphatic carbocycles. The number of rotatable bonds is 2. The van der Waals surface area contributed by atoms with E-state index in [1.54, 1.807) is 0 Å². The Balaban J connectivity index is 2.10. The highest BCUT2D eigenvalue weighted by Crippen LogP contribution is 2.46. The number of ether oxygens (including phenoxy) is 1. The predicted molar refractivity (Wildman–Crippen MR) is 115 cm³/mol. The van der Waals surface area contributed by atoms with Gasteiger partial charge in [0.15, 0.2) is 0 Å². The van der Waals surface area contributed by atoms with Crippen LogP contribution in [-0.2, 0) is 4.74 Å². The molecule has 28 heavy (non-hydrogen) atoms. The van der Waals surface area contributed by atoms with E-state index in [1.165, 1.54) is 7.11 Å². The summed E-state index contributed by atoms with van der Waals surface area (Å²) in [6.45, 7) is 6.04. The van der Waals surface area contributed by atoms with E-state index in [1.807, 2.05) is 56.0 Å². The minimum atomic E-state index is -0.393. The van der Waals surface area contributed by atoms with Crippen LogP contribution in [-0.4, -0.2) is 23.6 Å². The first-order valence-electron chi connectivity index (χ1n) is 9.35. The second kappa shape index (κ2) is 7.84. The fourth-order valence-corrected chi connectivity index (χ4v) is 4.45. The van der Waals surface area contributed by atoms with Crippen LogP contribution in [0.2, 0.25) is 10.0 Å². The molecule has 0 bridgehead atoms. The Morgan fingerprint density at radius 3 is 2.39 bits per heavy atom. The van der Waals surface area contributed by atoms with Crippen LogP contribution in [0.25, 0.3) is 0 Å². The molecular formula is C22H26Cl2N2O2. The lowest BCUT2D eigenvalue weighted by Gasteiger charge is -2.44. The smallest absolute Gasteiger partial charge is 0.410 e. The molecule has 1 amide bonds. The number of carbonyl (C=O) groups is 1. The molecule has 0 heterocycles. The van der Waals surface area contributed by atoms with Gasteiger partial charge in [-0.2, -0.15) is 0 Å². The number of halogens is 2. The minimum absolute atomic E-state index is 0.107. The summed E-state index contributed by atoms with van der Waals surface area (Å²) in [7, 11) is 1.42. The van der Waals surface area contributed by atoms with Crippen LogP contribution in [0, 0.1) is 0 Å². The normalized spacial score (nSPS) is 19.1. The van der Waals surface area contributed by atoms with Gasteiger partial charge in [0.05, 0.1) is 23.2 Å². The monoisotopic (exact) mass is 420 g/mol. The Kier molecular flexibility index (Phi) is 5.83. The molecule has 6 heteroatoms. The number of nitrogen functional groups attached to an aromatic ring is 1. The molecule has 2 N–H and O–H groups in total. The van der Waals surface area contributed by atoms with Crippen molar-refractivity contribution in [3.63, 3.8) is 0 Å². The Morgan fingerprint density at radius 2 is 1.79 bits per heavy atom. The SMILES string of the molecule is COC(=O)N([C@H]1CC[C@@H](c2ccc(Cl)c(Cl)c2)c2ccc(N)cc21)C(C)(C)C. The number of benzene rings is 2. The van der Waals surface area contributed by atoms with E-state index in [9.17, 15) is 4.79 Å². The molecule has 0 radical (unpaired) electrons. The van der Waals surface area contributed by atoms with Crippen LogP contribution >= 0.6 is 23.2 Å². The van der Waals surface area contributed by atoms with Crippen LogP contribution in [0.5, 0.6) is 0 Å². The van der Waals surface area contributed by atoms with Crippen molar-refractivity contribution in [2.75, 3.05) is 12.8 Å². The van der Waals surface area contributed by atoms with E-state index in [0.717, 1.165) is 29.5 Å². The fraction of sp³-hybridized carbons (Fsp3) is 0.409. The van der Waals surface area contributed by atoms with Crippen molar-refractivity contribution in [3.05, 3.63) is 63.1 Å². The molecule has 1 aliphatic rings. The lowest BCUT2D eigenvalue weighted by atomic mass is 9.75. The van der Waals surface area contributed by atoms with Gasteiger partial charge in [-0.15, -0.1) is 0 Å². The molecule has 4 nitrogen and oxygen atoms in total. The summed E-state index contributed by atoms with van der Waals surface area (Å²) in [5, 5.41) is 1.09. The second-order valence-electron chi connectivity index (χ2n) is 8.22. The molecule has 2 atom stereocenters. The highest BCUT2D eigenvalue weighted by atomic mass is 35.5. The van der Waals surface area contributed by atoms with Gasteiger partial charge in [-0.3, -0.25) is 4.90 Å². The van der Waals surface area contributed by atoms with E-state index in [0.29, 0.717) is 15.7 Å². The minimum Gasteiger partial charge on any atom is -0.453 e. The van der Waals surface area contributed by atoms with Crippen LogP contribution in [0.4, 0.5) is 10.5 Å². The molecule has 3 rings (SSSR count). The van der Waals surface area contributed by atoms with Crippen LogP contribution in [0.1, 0.15) is 62.3 Å². The number of hydrogen-bond donors (Lipinski definition) is 1. The van der Waals surface area contributed by atoms with Gasteiger partial charge >= 0.3 is 6.09 Å². The first-order chi connectivity index (χ1) is 13.1. The van der Waals surface area contributed by atoms with Gasteiger partial charge in [0.2, 0.25) is 0 Å². The van der Waals surface area contributed by atoms with Crippen molar-refractivity contribution in [3.8, 4) is 0 Å². The Bertz CT molecular complexity index is 893. The number of anilines is 1. The summed E-state index contributed by atoms with van der Waals surface area (Å²) >= 11 is 12.4. The van der Waals surface area contributed by atoms with Gasteiger partial charge in [0, 0.05) is 17.1 Å². The lowest BCUT2D eigenvalue weighted by Crippen LogP contribution is -2.48. The zero-order valence-electron chi connectivity index (χ0n) is 16.6. The van der Waals surface area contributed by atoms with E-state index in [-0.39, 0.29) is 18.1 Å². The number of nitrogens with zero attached hydrogens (tertiary/aromatic N) is 1. The summed E-state index contributed by atoms with van der Waals surface area (Å²) in [6.07, 6.45) is 1.34. The Morgan fingerprint density at radius 1 is 1.07 bits per heavy atom. The molecule has 0 spiro atoms. The third-order valence-electron chi connectivity index (χ3n) is 5.33. The molecular weight excluding hydrogens is 395 g/mol. The van der Waals surface area contributed by atoms with E-state index < -0.39 is 5.54 Å². The van der Waals surface area contributed by atoms with Crippen LogP contribution in [0.3, 0.4) is 0 Å². The maximum Gasteiger partial charge on any atom is 0.410 e. The number of methoxy groups -OCH3 is 1. The van der Waals surface area contributed by atoms with E-state index >= 15 is 0 Å². The van der Waals surface area contributed by atoms with Gasteiger partial charge in [-0.05, 0) is 74.6 Å². The molecule has 0 aromatic heterocycles. The molecule has 150 valence electrons. The summed E-state index contributed by atoms with van der Waals surface area (Å²) in [4.78, 5) is 14.4. The zero-order chi connectivity index (χ0) is 20.6. The Labute approximate surface area is 176 Å². The van der Waals surface area contributed by atoms with Gasteiger partial charge in [0.25, 0.3) is 0 Å². The summed E-state index contributed by atoms with van der Waals surface area (Å²) in [5.41, 5.74) is 9.73. The fourth-order valence-electron chi connectivity index (χ4n) is 4.15. The first kappa shape index (κ1) is 20.8. The second-order valence-corrected chi connectivity index (χ2v) is 9.03. The average Bonchev–Trinajstić information content (AvgIpc) is 2.63. The maximum absolute atomic E-state index is 12.6. The van der Waals surface area contributed by atoms with Crippen LogP contribution < -0.4 is 5.73 Å². The third-order valence-corrected chi connectivity index (χ3v) is 6.06. The number of amides is 1. The molecule has 0 unspecified atom stereocenters. The molecule has 2 aromatic rings. The number of fused-ring (bicyclic) bond motifs is 1. The maximum atomic E-state index is 12.6. The molecule has 2 aromatic carbocycles. The summed E-state index contributed by atoms with van der Waals surface area (Å²) in [6, 6.07) is 11.6. The average molecular weight is 421 g/mol. The quantitative estimate of drug-likeness (QED) is 0.570. The van der Waals surface area contributed by atoms with Crippen molar-refractivity contribution in [2.45, 2.75) is 51.1 Å². The van der Waals surface area contributed by atoms with E-state index in [2.05, 4.69) is 6.07 Å². The van der Waals surface area contributed by atoms with E-state index in [4.69, 9.17) is 33.7 Å². The number of hydrogen-bond acceptors (Lipinski definition) is 3. The predicted octanol–water partition coefficient (Wildman–Crippen LogP) is 6.41. The molecule has 0 fully saturated rings. The van der Waals surface area contributed by atoms with Crippen molar-refractivity contribution in [2.24, 2.45) is 0 Å². The summed E-state index contributed by atoms with van der Waals surface area (Å²) in [5.74, 6) is 0.168. The first-order valence-corrected chi connectivity index (χ1v) is 10.1. The highest BCUT2D eigenvalue weighted by molar-refractivity contribution is 6.42. The van der Waals surface area contributed by atoms with Gasteiger partial charge in [-0.25, -0.2) is 4.79 Å². The highest BCUT2D eigenvalue weighted by Gasteiger charge is 2.39. The van der Waals surface area contributed by atoms with Crippen molar-refractivity contribution in [1.29, 1.82) is 0 Å². The molecule has 0 saturated carbocycles. The topological polar surface area (TPSA) is 55.6 Å². The molecule has 0 saturated heterocycles. The van der Waals surface area contributed by atoms with Gasteiger partial charge in [-0.1, -0.05) is 35.3 Å². The zero-order valence-corrected chi connectivity index (χ0v) is 18.1. The number of nitrogens with two attached hydrogens (primary N) is 1.